The van der Waals surface area contributed by atoms with Crippen molar-refractivity contribution in [3.63, 3.8) is 0 Å². The lowest BCUT2D eigenvalue weighted by molar-refractivity contribution is -0.164. The summed E-state index contributed by atoms with van der Waals surface area (Å²) in [5.41, 5.74) is 0. The number of hydrogen-bond acceptors (Lipinski definition) is 4. The lowest BCUT2D eigenvalue weighted by atomic mass is 10.0. The van der Waals surface area contributed by atoms with Gasteiger partial charge in [0.2, 0.25) is 0 Å². The lowest BCUT2D eigenvalue weighted by Crippen LogP contribution is -2.49. The second-order valence-corrected chi connectivity index (χ2v) is 8.60. The summed E-state index contributed by atoms with van der Waals surface area (Å²) in [5.74, 6) is -4.73. The fourth-order valence-electron chi connectivity index (χ4n) is 2.75. The van der Waals surface area contributed by atoms with Crippen LogP contribution in [0.2, 0.25) is 0 Å². The van der Waals surface area contributed by atoms with Crippen LogP contribution in [0, 0.1) is 0 Å². The SMILES string of the molecule is CCCCCCCCCCCCC(F)(F)C(F)(F)S(=O)(=O)Oc1nccn1C. The molecule has 0 bridgehead atoms. The van der Waals surface area contributed by atoms with Crippen molar-refractivity contribution in [2.45, 2.75) is 88.7 Å². The molecule has 0 N–H and O–H groups in total. The van der Waals surface area contributed by atoms with Gasteiger partial charge in [0.15, 0.2) is 0 Å². The lowest BCUT2D eigenvalue weighted by Gasteiger charge is -2.25. The molecule has 1 heterocycles. The fourth-order valence-corrected chi connectivity index (χ4v) is 3.67. The third-order valence-electron chi connectivity index (χ3n) is 4.55. The van der Waals surface area contributed by atoms with Gasteiger partial charge in [-0.2, -0.15) is 26.0 Å². The first kappa shape index (κ1) is 24.7. The van der Waals surface area contributed by atoms with E-state index in [-0.39, 0.29) is 6.42 Å². The summed E-state index contributed by atoms with van der Waals surface area (Å²) < 4.78 is 84.3. The van der Waals surface area contributed by atoms with E-state index in [1.54, 1.807) is 0 Å². The molecule has 28 heavy (non-hydrogen) atoms. The zero-order valence-corrected chi connectivity index (χ0v) is 17.3. The van der Waals surface area contributed by atoms with Crippen molar-refractivity contribution in [1.29, 1.82) is 0 Å². The maximum absolute atomic E-state index is 14.0. The smallest absolute Gasteiger partial charge is 0.340 e. The third-order valence-corrected chi connectivity index (χ3v) is 5.84. The molecule has 0 atom stereocenters. The Morgan fingerprint density at radius 3 is 1.93 bits per heavy atom. The number of hydrogen-bond donors (Lipinski definition) is 0. The molecule has 0 aliphatic carbocycles. The molecule has 1 aromatic rings. The summed E-state index contributed by atoms with van der Waals surface area (Å²) in [6.07, 6.45) is 9.57. The molecule has 0 unspecified atom stereocenters. The quantitative estimate of drug-likeness (QED) is 0.204. The molecular formula is C18H30F4N2O3S. The van der Waals surface area contributed by atoms with Gasteiger partial charge in [-0.05, 0) is 6.42 Å². The first-order chi connectivity index (χ1) is 13.0. The number of alkyl halides is 4. The molecule has 0 saturated carbocycles. The van der Waals surface area contributed by atoms with E-state index in [9.17, 15) is 26.0 Å². The summed E-state index contributed by atoms with van der Waals surface area (Å²) in [5, 5.41) is -5.34. The van der Waals surface area contributed by atoms with Gasteiger partial charge >= 0.3 is 27.3 Å². The van der Waals surface area contributed by atoms with E-state index in [4.69, 9.17) is 0 Å². The molecule has 0 amide bonds. The van der Waals surface area contributed by atoms with Crippen molar-refractivity contribution in [1.82, 2.24) is 9.55 Å². The van der Waals surface area contributed by atoms with Gasteiger partial charge in [0.1, 0.15) is 0 Å². The van der Waals surface area contributed by atoms with Crippen molar-refractivity contribution in [2.75, 3.05) is 0 Å². The Morgan fingerprint density at radius 2 is 1.46 bits per heavy atom. The van der Waals surface area contributed by atoms with Crippen molar-refractivity contribution in [3.8, 4) is 6.01 Å². The van der Waals surface area contributed by atoms with Gasteiger partial charge in [0, 0.05) is 25.9 Å². The van der Waals surface area contributed by atoms with Crippen molar-refractivity contribution in [3.05, 3.63) is 12.4 Å². The molecule has 1 rings (SSSR count). The molecule has 0 aromatic carbocycles. The molecule has 5 nitrogen and oxygen atoms in total. The standard InChI is InChI=1S/C18H30F4N2O3S/c1-3-4-5-6-7-8-9-10-11-12-13-17(19,20)18(21,22)28(25,26)27-16-23-14-15-24(16)2/h14-15H,3-13H2,1-2H3. The first-order valence-electron chi connectivity index (χ1n) is 9.72. The largest absolute Gasteiger partial charge is 0.442 e. The molecule has 1 aromatic heterocycles. The molecule has 0 saturated heterocycles. The van der Waals surface area contributed by atoms with E-state index >= 15 is 0 Å². The highest BCUT2D eigenvalue weighted by atomic mass is 32.2. The van der Waals surface area contributed by atoms with Gasteiger partial charge in [-0.25, -0.2) is 4.98 Å². The van der Waals surface area contributed by atoms with Crippen LogP contribution >= 0.6 is 0 Å². The number of halogens is 4. The molecule has 0 spiro atoms. The van der Waals surface area contributed by atoms with Crippen LogP contribution in [0.15, 0.2) is 12.4 Å². The molecule has 164 valence electrons. The Morgan fingerprint density at radius 1 is 0.964 bits per heavy atom. The van der Waals surface area contributed by atoms with E-state index in [0.717, 1.165) is 36.4 Å². The van der Waals surface area contributed by atoms with Crippen LogP contribution in [-0.4, -0.2) is 29.1 Å². The number of imidazole rings is 1. The topological polar surface area (TPSA) is 61.2 Å². The number of aromatic nitrogens is 2. The number of unbranched alkanes of at least 4 members (excludes halogenated alkanes) is 9. The molecule has 0 aliphatic rings. The minimum absolute atomic E-state index is 0.184. The van der Waals surface area contributed by atoms with E-state index < -0.39 is 33.7 Å². The average molecular weight is 431 g/mol. The fraction of sp³-hybridized carbons (Fsp3) is 0.833. The highest BCUT2D eigenvalue weighted by Crippen LogP contribution is 2.43. The van der Waals surface area contributed by atoms with Crippen LogP contribution < -0.4 is 4.18 Å². The van der Waals surface area contributed by atoms with Crippen LogP contribution in [0.5, 0.6) is 6.01 Å². The number of nitrogens with zero attached hydrogens (tertiary/aromatic N) is 2. The van der Waals surface area contributed by atoms with E-state index in [2.05, 4.69) is 16.1 Å². The number of rotatable bonds is 15. The van der Waals surface area contributed by atoms with Crippen molar-refractivity contribution in [2.24, 2.45) is 7.05 Å². The van der Waals surface area contributed by atoms with Gasteiger partial charge in [-0.3, -0.25) is 0 Å². The van der Waals surface area contributed by atoms with Crippen LogP contribution in [0.4, 0.5) is 17.6 Å². The Hall–Kier alpha value is -1.32. The Kier molecular flexibility index (Phi) is 9.73. The van der Waals surface area contributed by atoms with Gasteiger partial charge in [0.05, 0.1) is 0 Å². The maximum atomic E-state index is 14.0. The monoisotopic (exact) mass is 430 g/mol. The molecule has 0 aliphatic heterocycles. The summed E-state index contributed by atoms with van der Waals surface area (Å²) in [4.78, 5) is 3.41. The summed E-state index contributed by atoms with van der Waals surface area (Å²) in [6.45, 7) is 2.13. The van der Waals surface area contributed by atoms with Crippen molar-refractivity contribution >= 4 is 10.1 Å². The third kappa shape index (κ3) is 6.93. The molecule has 0 fully saturated rings. The molecular weight excluding hydrogens is 400 g/mol. The van der Waals surface area contributed by atoms with E-state index in [1.807, 2.05) is 0 Å². The van der Waals surface area contributed by atoms with Crippen LogP contribution in [0.1, 0.15) is 77.6 Å². The van der Waals surface area contributed by atoms with Crippen molar-refractivity contribution < 1.29 is 30.2 Å². The second-order valence-electron chi connectivity index (χ2n) is 7.01. The minimum Gasteiger partial charge on any atom is -0.340 e. The van der Waals surface area contributed by atoms with Crippen LogP contribution in [0.25, 0.3) is 0 Å². The predicted molar refractivity (Wildman–Crippen MR) is 99.1 cm³/mol. The zero-order valence-electron chi connectivity index (χ0n) is 16.5. The molecule has 10 heteroatoms. The Balaban J connectivity index is 2.42. The van der Waals surface area contributed by atoms with E-state index in [0.29, 0.717) is 12.8 Å². The van der Waals surface area contributed by atoms with Crippen LogP contribution in [-0.2, 0) is 17.2 Å². The predicted octanol–water partition coefficient (Wildman–Crippen LogP) is 5.67. The highest BCUT2D eigenvalue weighted by molar-refractivity contribution is 7.88. The summed E-state index contributed by atoms with van der Waals surface area (Å²) in [6, 6.07) is -0.700. The van der Waals surface area contributed by atoms with Crippen LogP contribution in [0.3, 0.4) is 0 Å². The van der Waals surface area contributed by atoms with E-state index in [1.165, 1.54) is 32.5 Å². The number of aryl methyl sites for hydroxylation is 1. The van der Waals surface area contributed by atoms with Gasteiger partial charge < -0.3 is 8.75 Å². The zero-order chi connectivity index (χ0) is 21.3. The van der Waals surface area contributed by atoms with Gasteiger partial charge in [-0.15, -0.1) is 0 Å². The first-order valence-corrected chi connectivity index (χ1v) is 11.1. The van der Waals surface area contributed by atoms with Gasteiger partial charge in [0.25, 0.3) is 0 Å². The second kappa shape index (κ2) is 11.0. The Bertz CT molecular complexity index is 678. The summed E-state index contributed by atoms with van der Waals surface area (Å²) >= 11 is 0. The van der Waals surface area contributed by atoms with Gasteiger partial charge in [-0.1, -0.05) is 64.7 Å². The summed E-state index contributed by atoms with van der Waals surface area (Å²) in [7, 11) is -4.60. The average Bonchev–Trinajstić information content (AvgIpc) is 3.00. The maximum Gasteiger partial charge on any atom is 0.442 e. The minimum atomic E-state index is -5.89. The normalized spacial score (nSPS) is 13.1. The molecule has 0 radical (unpaired) electrons. The Labute approximate surface area is 164 Å². The highest BCUT2D eigenvalue weighted by Gasteiger charge is 2.67.